The Morgan fingerprint density at radius 3 is 2.61 bits per heavy atom. The molecule has 0 radical (unpaired) electrons. The quantitative estimate of drug-likeness (QED) is 0.536. The predicted octanol–water partition coefficient (Wildman–Crippen LogP) is 2.00. The Morgan fingerprint density at radius 1 is 1.18 bits per heavy atom. The fourth-order valence-corrected chi connectivity index (χ4v) is 4.44. The lowest BCUT2D eigenvalue weighted by Gasteiger charge is -2.26. The average Bonchev–Trinajstić information content (AvgIpc) is 2.68. The summed E-state index contributed by atoms with van der Waals surface area (Å²) in [6, 6.07) is 9.71. The third-order valence-corrected chi connectivity index (χ3v) is 6.11. The van der Waals surface area contributed by atoms with Gasteiger partial charge in [-0.25, -0.2) is 12.8 Å². The second kappa shape index (κ2) is 8.68. The van der Waals surface area contributed by atoms with Crippen LogP contribution in [0.1, 0.15) is 5.56 Å². The zero-order valence-corrected chi connectivity index (χ0v) is 16.1. The molecule has 7 nitrogen and oxygen atoms in total. The third-order valence-electron chi connectivity index (χ3n) is 4.19. The van der Waals surface area contributed by atoms with Crippen molar-refractivity contribution in [3.05, 3.63) is 53.8 Å². The minimum Gasteiger partial charge on any atom is -0.495 e. The molecule has 0 saturated carbocycles. The van der Waals surface area contributed by atoms with Crippen LogP contribution in [0.15, 0.2) is 47.4 Å². The van der Waals surface area contributed by atoms with Crippen molar-refractivity contribution in [2.75, 3.05) is 33.4 Å². The fourth-order valence-electron chi connectivity index (χ4n) is 2.82. The number of carbonyl (C=O) groups excluding carboxylic acids is 1. The molecule has 0 N–H and O–H groups in total. The number of nitrogens with zero attached hydrogens (tertiary/aromatic N) is 1. The smallest absolute Gasteiger partial charge is 0.315 e. The maximum absolute atomic E-state index is 13.2. The second-order valence-electron chi connectivity index (χ2n) is 6.11. The van der Waals surface area contributed by atoms with Crippen molar-refractivity contribution in [1.82, 2.24) is 4.31 Å². The highest BCUT2D eigenvalue weighted by atomic mass is 32.2. The van der Waals surface area contributed by atoms with Crippen LogP contribution in [0.2, 0.25) is 0 Å². The zero-order valence-electron chi connectivity index (χ0n) is 15.3. The molecule has 9 heteroatoms. The fraction of sp³-hybridized carbons (Fsp3) is 0.316. The zero-order chi connectivity index (χ0) is 20.1. The summed E-state index contributed by atoms with van der Waals surface area (Å²) in [5.41, 5.74) is 0.439. The highest BCUT2D eigenvalue weighted by Crippen LogP contribution is 2.28. The number of halogens is 1. The molecule has 0 bridgehead atoms. The number of morpholine rings is 1. The number of hydrogen-bond donors (Lipinski definition) is 0. The summed E-state index contributed by atoms with van der Waals surface area (Å²) in [6.45, 7) is 1.14. The average molecular weight is 409 g/mol. The Bertz CT molecular complexity index is 957. The lowest BCUT2D eigenvalue weighted by atomic mass is 10.1. The number of carbonyl (C=O) groups is 1. The summed E-state index contributed by atoms with van der Waals surface area (Å²) < 4.78 is 56.0. The molecule has 0 atom stereocenters. The Labute approximate surface area is 162 Å². The Kier molecular flexibility index (Phi) is 6.28. The lowest BCUT2D eigenvalue weighted by molar-refractivity contribution is -0.133. The van der Waals surface area contributed by atoms with Crippen molar-refractivity contribution >= 4 is 16.0 Å². The van der Waals surface area contributed by atoms with Gasteiger partial charge in [-0.3, -0.25) is 4.79 Å². The number of ether oxygens (including phenoxy) is 3. The van der Waals surface area contributed by atoms with Gasteiger partial charge >= 0.3 is 5.97 Å². The lowest BCUT2D eigenvalue weighted by Crippen LogP contribution is -2.40. The van der Waals surface area contributed by atoms with Crippen molar-refractivity contribution in [1.29, 1.82) is 0 Å². The van der Waals surface area contributed by atoms with Crippen LogP contribution in [-0.2, 0) is 26.0 Å². The van der Waals surface area contributed by atoms with Gasteiger partial charge in [-0.2, -0.15) is 4.31 Å². The summed E-state index contributed by atoms with van der Waals surface area (Å²) in [7, 11) is -2.42. The third kappa shape index (κ3) is 4.67. The maximum Gasteiger partial charge on any atom is 0.315 e. The van der Waals surface area contributed by atoms with Crippen molar-refractivity contribution in [2.45, 2.75) is 11.3 Å². The summed E-state index contributed by atoms with van der Waals surface area (Å²) in [5.74, 6) is -0.882. The van der Waals surface area contributed by atoms with Gasteiger partial charge in [0, 0.05) is 19.2 Å². The van der Waals surface area contributed by atoms with E-state index < -0.39 is 21.8 Å². The first-order valence-electron chi connectivity index (χ1n) is 8.61. The van der Waals surface area contributed by atoms with E-state index in [9.17, 15) is 17.6 Å². The normalized spacial score (nSPS) is 15.2. The molecule has 150 valence electrons. The number of benzene rings is 2. The maximum atomic E-state index is 13.2. The van der Waals surface area contributed by atoms with Gasteiger partial charge in [-0.1, -0.05) is 12.1 Å². The summed E-state index contributed by atoms with van der Waals surface area (Å²) in [4.78, 5) is 12.1. The van der Waals surface area contributed by atoms with E-state index in [1.165, 1.54) is 41.7 Å². The van der Waals surface area contributed by atoms with Crippen molar-refractivity contribution in [2.24, 2.45) is 0 Å². The highest BCUT2D eigenvalue weighted by molar-refractivity contribution is 7.89. The van der Waals surface area contributed by atoms with E-state index in [2.05, 4.69) is 0 Å². The van der Waals surface area contributed by atoms with Gasteiger partial charge in [-0.05, 0) is 29.8 Å². The van der Waals surface area contributed by atoms with Gasteiger partial charge < -0.3 is 14.2 Å². The van der Waals surface area contributed by atoms with Gasteiger partial charge in [0.15, 0.2) is 0 Å². The molecule has 0 amide bonds. The molecule has 28 heavy (non-hydrogen) atoms. The molecule has 2 aromatic carbocycles. The summed E-state index contributed by atoms with van der Waals surface area (Å²) in [5, 5.41) is 0. The van der Waals surface area contributed by atoms with Crippen molar-refractivity contribution in [3.63, 3.8) is 0 Å². The Morgan fingerprint density at radius 2 is 1.93 bits per heavy atom. The number of esters is 1. The summed E-state index contributed by atoms with van der Waals surface area (Å²) >= 11 is 0. The second-order valence-corrected chi connectivity index (χ2v) is 8.02. The minimum atomic E-state index is -3.80. The van der Waals surface area contributed by atoms with Gasteiger partial charge in [0.1, 0.15) is 22.2 Å². The number of methoxy groups -OCH3 is 1. The largest absolute Gasteiger partial charge is 0.495 e. The number of rotatable bonds is 6. The molecule has 0 aromatic heterocycles. The first-order valence-corrected chi connectivity index (χ1v) is 10.1. The first-order chi connectivity index (χ1) is 13.4. The summed E-state index contributed by atoms with van der Waals surface area (Å²) in [6.07, 6.45) is -0.174. The molecule has 0 spiro atoms. The van der Waals surface area contributed by atoms with E-state index in [0.29, 0.717) is 18.8 Å². The molecule has 1 fully saturated rings. The number of sulfonamides is 1. The van der Waals surface area contributed by atoms with E-state index in [1.54, 1.807) is 6.07 Å². The van der Waals surface area contributed by atoms with E-state index in [-0.39, 0.29) is 35.9 Å². The molecular weight excluding hydrogens is 389 g/mol. The van der Waals surface area contributed by atoms with Crippen LogP contribution >= 0.6 is 0 Å². The van der Waals surface area contributed by atoms with E-state index in [1.807, 2.05) is 0 Å². The van der Waals surface area contributed by atoms with Crippen LogP contribution in [0.25, 0.3) is 0 Å². The molecule has 1 saturated heterocycles. The van der Waals surface area contributed by atoms with Gasteiger partial charge in [0.25, 0.3) is 0 Å². The Balaban J connectivity index is 1.81. The van der Waals surface area contributed by atoms with E-state index >= 15 is 0 Å². The SMILES string of the molecule is COc1ccc(CC(=O)Oc2cccc(F)c2)cc1S(=O)(=O)N1CCOCC1. The van der Waals surface area contributed by atoms with Crippen LogP contribution in [-0.4, -0.2) is 52.1 Å². The minimum absolute atomic E-state index is 0.0204. The standard InChI is InChI=1S/C19H20FNO6S/c1-25-17-6-5-14(12-19(22)27-16-4-2-3-15(20)13-16)11-18(17)28(23,24)21-7-9-26-10-8-21/h2-6,11,13H,7-10,12H2,1H3. The van der Waals surface area contributed by atoms with Crippen LogP contribution in [0.5, 0.6) is 11.5 Å². The molecular formula is C19H20FNO6S. The molecule has 0 aliphatic carbocycles. The van der Waals surface area contributed by atoms with Gasteiger partial charge in [0.2, 0.25) is 10.0 Å². The van der Waals surface area contributed by atoms with Crippen LogP contribution in [0.4, 0.5) is 4.39 Å². The predicted molar refractivity (Wildman–Crippen MR) is 98.3 cm³/mol. The van der Waals surface area contributed by atoms with Gasteiger partial charge in [-0.15, -0.1) is 0 Å². The van der Waals surface area contributed by atoms with Crippen LogP contribution < -0.4 is 9.47 Å². The number of hydrogen-bond acceptors (Lipinski definition) is 6. The van der Waals surface area contributed by atoms with E-state index in [4.69, 9.17) is 14.2 Å². The van der Waals surface area contributed by atoms with Crippen molar-refractivity contribution in [3.8, 4) is 11.5 Å². The molecule has 1 aliphatic heterocycles. The molecule has 3 rings (SSSR count). The highest BCUT2D eigenvalue weighted by Gasteiger charge is 2.29. The molecule has 0 unspecified atom stereocenters. The van der Waals surface area contributed by atoms with Crippen molar-refractivity contribution < 1.29 is 31.8 Å². The first kappa shape index (κ1) is 20.2. The molecule has 1 aliphatic rings. The molecule has 2 aromatic rings. The topological polar surface area (TPSA) is 82.1 Å². The van der Waals surface area contributed by atoms with Gasteiger partial charge in [0.05, 0.1) is 26.7 Å². The van der Waals surface area contributed by atoms with Crippen LogP contribution in [0.3, 0.4) is 0 Å². The monoisotopic (exact) mass is 409 g/mol. The van der Waals surface area contributed by atoms with E-state index in [0.717, 1.165) is 6.07 Å². The molecule has 1 heterocycles. The Hall–Kier alpha value is -2.49. The van der Waals surface area contributed by atoms with Crippen LogP contribution in [0, 0.1) is 5.82 Å².